The van der Waals surface area contributed by atoms with Gasteiger partial charge in [0.2, 0.25) is 0 Å². The van der Waals surface area contributed by atoms with E-state index >= 15 is 0 Å². The van der Waals surface area contributed by atoms with Crippen LogP contribution in [-0.4, -0.2) is 22.6 Å². The standard InChI is InChI=1S/C31H38N2.C24H34BN2.Au/c1-20(2)24-13-11-14-25(21(3)4)30(24)32-19-33(29-18-10-9-17-28(29)32)31-26(22(5)6)15-12-16-27(31)23(7)8;1-17(2)20-15-12-16-21(18(3)4)22(20)27-24(7,8)23(5,6)26-25(27)19-13-10-9-11-14-19;/h9-18,20-23H,1-8H3;9-18H,1-8H3;/q;-1;. The summed E-state index contributed by atoms with van der Waals surface area (Å²) < 4.78 is 4.64. The third-order valence-corrected chi connectivity index (χ3v) is 13.2. The number of anilines is 1. The molecule has 2 heterocycles. The van der Waals surface area contributed by atoms with Crippen molar-refractivity contribution in [1.82, 2.24) is 4.57 Å². The van der Waals surface area contributed by atoms with Crippen LogP contribution in [0.15, 0.2) is 109 Å². The summed E-state index contributed by atoms with van der Waals surface area (Å²) in [6.07, 6.45) is 3.84. The smallest absolute Gasteiger partial charge is 0.269 e. The monoisotopic (exact) mass is 997 g/mol. The fraction of sp³-hybridized carbons (Fsp3) is 0.436. The Morgan fingerprint density at radius 3 is 1.33 bits per heavy atom. The summed E-state index contributed by atoms with van der Waals surface area (Å²) in [5.41, 5.74) is 15.7. The summed E-state index contributed by atoms with van der Waals surface area (Å²) >= 11 is 0. The maximum atomic E-state index is 5.33. The van der Waals surface area contributed by atoms with E-state index in [9.17, 15) is 0 Å². The molecule has 1 saturated heterocycles. The minimum absolute atomic E-state index is 0. The van der Waals surface area contributed by atoms with E-state index in [1.807, 2.05) is 0 Å². The van der Waals surface area contributed by atoms with E-state index in [4.69, 9.17) is 5.23 Å². The van der Waals surface area contributed by atoms with Gasteiger partial charge >= 0.3 is 0 Å². The summed E-state index contributed by atoms with van der Waals surface area (Å²) in [6.45, 7) is 36.8. The number of benzene rings is 5. The second-order valence-electron chi connectivity index (χ2n) is 19.9. The molecule has 0 atom stereocenters. The Labute approximate surface area is 386 Å². The van der Waals surface area contributed by atoms with Gasteiger partial charge in [0.1, 0.15) is 0 Å². The van der Waals surface area contributed by atoms with Gasteiger partial charge in [-0.2, -0.15) is 0 Å². The van der Waals surface area contributed by atoms with E-state index in [1.54, 1.807) is 0 Å². The molecule has 6 aromatic rings. The van der Waals surface area contributed by atoms with Crippen molar-refractivity contribution in [2.24, 2.45) is 0 Å². The number of fused-ring (bicyclic) bond motifs is 1. The third-order valence-electron chi connectivity index (χ3n) is 13.2. The molecule has 1 fully saturated rings. The fourth-order valence-electron chi connectivity index (χ4n) is 9.09. The first kappa shape index (κ1) is 48.2. The van der Waals surface area contributed by atoms with Crippen molar-refractivity contribution < 1.29 is 26.9 Å². The van der Waals surface area contributed by atoms with Gasteiger partial charge < -0.3 is 10.0 Å². The molecule has 327 valence electrons. The van der Waals surface area contributed by atoms with Gasteiger partial charge in [0.05, 0.1) is 22.4 Å². The number of hydrogen-bond acceptors (Lipinski definition) is 1. The van der Waals surface area contributed by atoms with Gasteiger partial charge in [0, 0.05) is 33.6 Å². The largest absolute Gasteiger partial charge is 0.656 e. The topological polar surface area (TPSA) is 26.1 Å². The van der Waals surface area contributed by atoms with Crippen LogP contribution in [0.2, 0.25) is 0 Å². The van der Waals surface area contributed by atoms with Crippen LogP contribution >= 0.6 is 0 Å². The molecule has 0 saturated carbocycles. The number of rotatable bonds is 10. The first-order chi connectivity index (χ1) is 28.3. The normalized spacial score (nSPS) is 14.8. The average molecular weight is 997 g/mol. The third kappa shape index (κ3) is 9.28. The average Bonchev–Trinajstić information content (AvgIpc) is 3.67. The van der Waals surface area contributed by atoms with Crippen molar-refractivity contribution in [1.29, 1.82) is 0 Å². The molecule has 0 N–H and O–H groups in total. The molecule has 6 heteroatoms. The molecule has 61 heavy (non-hydrogen) atoms. The van der Waals surface area contributed by atoms with Gasteiger partial charge in [-0.05, 0) is 82.7 Å². The van der Waals surface area contributed by atoms with Crippen molar-refractivity contribution in [2.45, 2.75) is 157 Å². The minimum atomic E-state index is -0.147. The van der Waals surface area contributed by atoms with Crippen molar-refractivity contribution in [2.75, 3.05) is 4.81 Å². The van der Waals surface area contributed by atoms with Gasteiger partial charge in [0.15, 0.2) is 6.98 Å². The molecule has 1 radical (unpaired) electrons. The van der Waals surface area contributed by atoms with E-state index in [0.717, 1.165) is 0 Å². The Bertz CT molecular complexity index is 2230. The van der Waals surface area contributed by atoms with Crippen LogP contribution < -0.4 is 14.8 Å². The van der Waals surface area contributed by atoms with Crippen LogP contribution in [0.4, 0.5) is 5.69 Å². The molecule has 7 rings (SSSR count). The SMILES string of the molecule is CC(C)c1cccc(C(C)C)c1-n1[c-][n+](-c2c(C(C)C)cccc2C(C)C)c2ccccc21.CC(C)c1cccc(C(C)C)c1N1B(c2ccccc2)[N-]C(C)(C)C1(C)C.[Au]. The molecule has 1 aliphatic rings. The molecule has 0 unspecified atom stereocenters. The van der Waals surface area contributed by atoms with Crippen LogP contribution in [0.1, 0.15) is 180 Å². The molecule has 1 aliphatic heterocycles. The number of para-hydroxylation sites is 5. The Morgan fingerprint density at radius 1 is 0.492 bits per heavy atom. The molecule has 5 aromatic carbocycles. The summed E-state index contributed by atoms with van der Waals surface area (Å²) in [4.78, 5) is 2.60. The van der Waals surface area contributed by atoms with Crippen molar-refractivity contribution in [3.63, 3.8) is 0 Å². The van der Waals surface area contributed by atoms with Crippen LogP contribution in [0.5, 0.6) is 0 Å². The van der Waals surface area contributed by atoms with Gasteiger partial charge in [-0.3, -0.25) is 9.13 Å². The van der Waals surface area contributed by atoms with Crippen LogP contribution in [0, 0.1) is 6.33 Å². The van der Waals surface area contributed by atoms with Crippen LogP contribution in [-0.2, 0) is 22.4 Å². The van der Waals surface area contributed by atoms with Crippen molar-refractivity contribution in [3.05, 3.63) is 154 Å². The van der Waals surface area contributed by atoms with E-state index in [1.165, 1.54) is 66.9 Å². The van der Waals surface area contributed by atoms with Gasteiger partial charge in [-0.15, -0.1) is 5.54 Å². The van der Waals surface area contributed by atoms with E-state index in [0.29, 0.717) is 35.5 Å². The number of nitrogens with zero attached hydrogens (tertiary/aromatic N) is 4. The predicted octanol–water partition coefficient (Wildman–Crippen LogP) is 14.3. The molecule has 0 amide bonds. The molecular weight excluding hydrogens is 924 g/mol. The second-order valence-corrected chi connectivity index (χ2v) is 19.9. The number of imidazole rings is 1. The maximum Gasteiger partial charge on any atom is 0.269 e. The molecule has 0 bridgehead atoms. The van der Waals surface area contributed by atoms with Gasteiger partial charge in [0.25, 0.3) is 6.33 Å². The van der Waals surface area contributed by atoms with Crippen LogP contribution in [0.25, 0.3) is 27.6 Å². The summed E-state index contributed by atoms with van der Waals surface area (Å²) in [5.74, 6) is 2.64. The Kier molecular flexibility index (Phi) is 15.2. The summed E-state index contributed by atoms with van der Waals surface area (Å²) in [7, 11) is 0. The molecular formula is C55H72AuBN4-. The summed E-state index contributed by atoms with van der Waals surface area (Å²) in [5, 5.41) is 5.33. The second kappa shape index (κ2) is 19.3. The quantitative estimate of drug-likeness (QED) is 0.0763. The fourth-order valence-corrected chi connectivity index (χ4v) is 9.09. The molecule has 0 aliphatic carbocycles. The van der Waals surface area contributed by atoms with Gasteiger partial charge in [-0.1, -0.05) is 212 Å². The minimum Gasteiger partial charge on any atom is -0.656 e. The Balaban J connectivity index is 0.000000232. The molecule has 4 nitrogen and oxygen atoms in total. The zero-order chi connectivity index (χ0) is 43.8. The van der Waals surface area contributed by atoms with E-state index < -0.39 is 0 Å². The van der Waals surface area contributed by atoms with E-state index in [2.05, 4.69) is 240 Å². The number of aromatic nitrogens is 2. The zero-order valence-corrected chi connectivity index (χ0v) is 42.2. The van der Waals surface area contributed by atoms with Gasteiger partial charge in [-0.25, -0.2) is 0 Å². The van der Waals surface area contributed by atoms with E-state index in [-0.39, 0.29) is 40.4 Å². The first-order valence-corrected chi connectivity index (χ1v) is 22.7. The maximum absolute atomic E-state index is 5.33. The molecule has 0 spiro atoms. The van der Waals surface area contributed by atoms with Crippen LogP contribution in [0.3, 0.4) is 0 Å². The molecule has 1 aromatic heterocycles. The Morgan fingerprint density at radius 2 is 0.885 bits per heavy atom. The summed E-state index contributed by atoms with van der Waals surface area (Å²) in [6, 6.07) is 39.9. The predicted molar refractivity (Wildman–Crippen MR) is 260 cm³/mol. The number of hydrogen-bond donors (Lipinski definition) is 0. The first-order valence-electron chi connectivity index (χ1n) is 22.7. The zero-order valence-electron chi connectivity index (χ0n) is 40.0. The van der Waals surface area contributed by atoms with Crippen molar-refractivity contribution >= 4 is 29.2 Å². The Hall–Kier alpha value is -3.86. The van der Waals surface area contributed by atoms with Crippen molar-refractivity contribution in [3.8, 4) is 11.4 Å².